The van der Waals surface area contributed by atoms with Crippen LogP contribution in [-0.2, 0) is 0 Å². The first-order chi connectivity index (χ1) is 7.09. The van der Waals surface area contributed by atoms with E-state index in [0.717, 1.165) is 12.1 Å². The van der Waals surface area contributed by atoms with Crippen molar-refractivity contribution in [3.05, 3.63) is 39.6 Å². The summed E-state index contributed by atoms with van der Waals surface area (Å²) < 4.78 is 14.3. The number of benzene rings is 1. The average Bonchev–Trinajstić information content (AvgIpc) is 2.50. The van der Waals surface area contributed by atoms with Crippen LogP contribution < -0.4 is 0 Å². The van der Waals surface area contributed by atoms with Gasteiger partial charge in [0.25, 0.3) is 0 Å². The van der Waals surface area contributed by atoms with E-state index in [-0.39, 0.29) is 15.3 Å². The minimum atomic E-state index is -0.516. The molecule has 0 fully saturated rings. The minimum absolute atomic E-state index is 0.102. The maximum absolute atomic E-state index is 12.9. The number of aromatic nitrogens is 3. The Morgan fingerprint density at radius 3 is 2.20 bits per heavy atom. The second-order valence-corrected chi connectivity index (χ2v) is 3.84. The predicted octanol–water partition coefficient (Wildman–Crippen LogP) is 3.37. The SMILES string of the molecule is Fc1cc(Cl)c(-n2cnnc2Cl)c(Cl)c1. The van der Waals surface area contributed by atoms with Gasteiger partial charge in [-0.3, -0.25) is 4.57 Å². The monoisotopic (exact) mass is 265 g/mol. The molecule has 2 rings (SSSR count). The van der Waals surface area contributed by atoms with Gasteiger partial charge in [0.15, 0.2) is 0 Å². The quantitative estimate of drug-likeness (QED) is 0.792. The Morgan fingerprint density at radius 2 is 1.73 bits per heavy atom. The van der Waals surface area contributed by atoms with E-state index < -0.39 is 5.82 Å². The largest absolute Gasteiger partial charge is 0.269 e. The van der Waals surface area contributed by atoms with Gasteiger partial charge in [-0.1, -0.05) is 23.2 Å². The molecular weight excluding hydrogens is 263 g/mol. The van der Waals surface area contributed by atoms with E-state index in [9.17, 15) is 4.39 Å². The number of hydrogen-bond acceptors (Lipinski definition) is 2. The van der Waals surface area contributed by atoms with Gasteiger partial charge in [0.05, 0.1) is 15.7 Å². The molecule has 0 saturated heterocycles. The Kier molecular flexibility index (Phi) is 2.82. The van der Waals surface area contributed by atoms with Crippen molar-refractivity contribution in [1.29, 1.82) is 0 Å². The van der Waals surface area contributed by atoms with Crippen molar-refractivity contribution in [2.24, 2.45) is 0 Å². The summed E-state index contributed by atoms with van der Waals surface area (Å²) >= 11 is 17.4. The highest BCUT2D eigenvalue weighted by Crippen LogP contribution is 2.31. The fraction of sp³-hybridized carbons (Fsp3) is 0. The summed E-state index contributed by atoms with van der Waals surface area (Å²) in [4.78, 5) is 0. The molecule has 1 heterocycles. The van der Waals surface area contributed by atoms with Gasteiger partial charge in [-0.05, 0) is 23.7 Å². The van der Waals surface area contributed by atoms with Crippen molar-refractivity contribution in [3.63, 3.8) is 0 Å². The van der Waals surface area contributed by atoms with Crippen LogP contribution in [0.3, 0.4) is 0 Å². The molecule has 0 saturated carbocycles. The Labute approximate surface area is 99.4 Å². The van der Waals surface area contributed by atoms with Crippen LogP contribution in [0.1, 0.15) is 0 Å². The first-order valence-corrected chi connectivity index (χ1v) is 4.93. The standard InChI is InChI=1S/C8H3Cl3FN3/c9-5-1-4(12)2-6(10)7(5)15-3-13-14-8(15)11/h1-3H. The van der Waals surface area contributed by atoms with Gasteiger partial charge in [0.2, 0.25) is 5.28 Å². The van der Waals surface area contributed by atoms with E-state index in [4.69, 9.17) is 34.8 Å². The minimum Gasteiger partial charge on any atom is -0.269 e. The Morgan fingerprint density at radius 1 is 1.13 bits per heavy atom. The zero-order valence-electron chi connectivity index (χ0n) is 7.09. The van der Waals surface area contributed by atoms with E-state index in [1.165, 1.54) is 10.9 Å². The van der Waals surface area contributed by atoms with Gasteiger partial charge in [-0.2, -0.15) is 0 Å². The summed E-state index contributed by atoms with van der Waals surface area (Å²) in [5, 5.41) is 7.52. The maximum Gasteiger partial charge on any atom is 0.229 e. The van der Waals surface area contributed by atoms with Crippen LogP contribution in [0, 0.1) is 5.82 Å². The first-order valence-electron chi connectivity index (χ1n) is 3.80. The molecule has 3 nitrogen and oxygen atoms in total. The molecule has 15 heavy (non-hydrogen) atoms. The zero-order valence-corrected chi connectivity index (χ0v) is 9.35. The highest BCUT2D eigenvalue weighted by atomic mass is 35.5. The van der Waals surface area contributed by atoms with E-state index >= 15 is 0 Å². The van der Waals surface area contributed by atoms with E-state index in [0.29, 0.717) is 5.69 Å². The summed E-state index contributed by atoms with van der Waals surface area (Å²) in [6.45, 7) is 0. The van der Waals surface area contributed by atoms with Crippen LogP contribution in [0.5, 0.6) is 0 Å². The summed E-state index contributed by atoms with van der Waals surface area (Å²) in [6, 6.07) is 2.28. The highest BCUT2D eigenvalue weighted by molar-refractivity contribution is 6.38. The second-order valence-electron chi connectivity index (χ2n) is 2.69. The van der Waals surface area contributed by atoms with Crippen molar-refractivity contribution >= 4 is 34.8 Å². The van der Waals surface area contributed by atoms with Crippen molar-refractivity contribution in [2.75, 3.05) is 0 Å². The normalized spacial score (nSPS) is 10.7. The van der Waals surface area contributed by atoms with Gasteiger partial charge in [0.1, 0.15) is 12.1 Å². The number of nitrogens with zero attached hydrogens (tertiary/aromatic N) is 3. The molecule has 0 amide bonds. The summed E-state index contributed by atoms with van der Waals surface area (Å²) in [5.41, 5.74) is 0.356. The third-order valence-corrected chi connectivity index (χ3v) is 2.56. The predicted molar refractivity (Wildman–Crippen MR) is 56.3 cm³/mol. The molecule has 0 bridgehead atoms. The fourth-order valence-corrected chi connectivity index (χ4v) is 1.95. The third-order valence-electron chi connectivity index (χ3n) is 1.73. The maximum atomic E-state index is 12.9. The van der Waals surface area contributed by atoms with Crippen LogP contribution >= 0.6 is 34.8 Å². The van der Waals surface area contributed by atoms with Gasteiger partial charge >= 0.3 is 0 Å². The Hall–Kier alpha value is -0.840. The molecule has 0 aliphatic heterocycles. The molecule has 0 spiro atoms. The lowest BCUT2D eigenvalue weighted by molar-refractivity contribution is 0.627. The topological polar surface area (TPSA) is 30.7 Å². The van der Waals surface area contributed by atoms with Gasteiger partial charge in [-0.25, -0.2) is 4.39 Å². The summed E-state index contributed by atoms with van der Waals surface area (Å²) in [5.74, 6) is -0.516. The molecule has 0 radical (unpaired) electrons. The Bertz CT molecular complexity index is 489. The van der Waals surface area contributed by atoms with Gasteiger partial charge in [0, 0.05) is 0 Å². The van der Waals surface area contributed by atoms with E-state index in [2.05, 4.69) is 10.2 Å². The lowest BCUT2D eigenvalue weighted by Gasteiger charge is -2.07. The molecule has 1 aromatic carbocycles. The molecule has 0 N–H and O–H groups in total. The molecule has 7 heteroatoms. The molecule has 0 atom stereocenters. The Balaban J connectivity index is 2.68. The molecular formula is C8H3Cl3FN3. The van der Waals surface area contributed by atoms with Crippen molar-refractivity contribution < 1.29 is 4.39 Å². The van der Waals surface area contributed by atoms with Crippen LogP contribution in [0.15, 0.2) is 18.5 Å². The van der Waals surface area contributed by atoms with Crippen molar-refractivity contribution in [3.8, 4) is 5.69 Å². The third kappa shape index (κ3) is 1.93. The summed E-state index contributed by atoms with van der Waals surface area (Å²) in [7, 11) is 0. The van der Waals surface area contributed by atoms with Gasteiger partial charge < -0.3 is 0 Å². The number of halogens is 4. The molecule has 0 aliphatic rings. The van der Waals surface area contributed by atoms with Crippen molar-refractivity contribution in [2.45, 2.75) is 0 Å². The van der Waals surface area contributed by atoms with Crippen LogP contribution in [0.4, 0.5) is 4.39 Å². The van der Waals surface area contributed by atoms with E-state index in [1.54, 1.807) is 0 Å². The molecule has 78 valence electrons. The molecule has 2 aromatic rings. The van der Waals surface area contributed by atoms with Crippen LogP contribution in [-0.4, -0.2) is 14.8 Å². The number of rotatable bonds is 1. The van der Waals surface area contributed by atoms with Crippen LogP contribution in [0.25, 0.3) is 5.69 Å². The van der Waals surface area contributed by atoms with E-state index in [1.807, 2.05) is 0 Å². The average molecular weight is 266 g/mol. The molecule has 0 aliphatic carbocycles. The first kappa shape index (κ1) is 10.7. The lowest BCUT2D eigenvalue weighted by Crippen LogP contribution is -1.96. The highest BCUT2D eigenvalue weighted by Gasteiger charge is 2.13. The van der Waals surface area contributed by atoms with Crippen molar-refractivity contribution in [1.82, 2.24) is 14.8 Å². The second kappa shape index (κ2) is 3.96. The summed E-state index contributed by atoms with van der Waals surface area (Å²) in [6.07, 6.45) is 1.34. The van der Waals surface area contributed by atoms with Gasteiger partial charge in [-0.15, -0.1) is 10.2 Å². The number of hydrogen-bond donors (Lipinski definition) is 0. The zero-order chi connectivity index (χ0) is 11.0. The smallest absolute Gasteiger partial charge is 0.229 e. The fourth-order valence-electron chi connectivity index (χ4n) is 1.14. The molecule has 1 aromatic heterocycles. The lowest BCUT2D eigenvalue weighted by atomic mass is 10.3. The molecule has 0 unspecified atom stereocenters. The van der Waals surface area contributed by atoms with Crippen LogP contribution in [0.2, 0.25) is 15.3 Å².